The van der Waals surface area contributed by atoms with Crippen molar-refractivity contribution in [1.82, 2.24) is 9.88 Å². The van der Waals surface area contributed by atoms with E-state index in [0.717, 1.165) is 6.54 Å². The lowest BCUT2D eigenvalue weighted by Crippen LogP contribution is -2.33. The molecule has 0 saturated carbocycles. The van der Waals surface area contributed by atoms with Crippen LogP contribution in [0.5, 0.6) is 0 Å². The minimum absolute atomic E-state index is 0. The summed E-state index contributed by atoms with van der Waals surface area (Å²) in [7, 11) is 3.84. The van der Waals surface area contributed by atoms with Crippen LogP contribution in [0.1, 0.15) is 16.8 Å². The lowest BCUT2D eigenvalue weighted by atomic mass is 10.1. The molecule has 0 aliphatic heterocycles. The third-order valence-electron chi connectivity index (χ3n) is 4.15. The highest BCUT2D eigenvalue weighted by Crippen LogP contribution is 2.32. The number of thiazole rings is 1. The SMILES string of the molecule is CN(C)CCCN(C(=O)c1ccccc1[N+](=O)[O-])c1nc2c(F)cccc2s1.Cl. The van der Waals surface area contributed by atoms with Gasteiger partial charge < -0.3 is 4.90 Å². The molecule has 0 fully saturated rings. The molecule has 0 atom stereocenters. The number of benzene rings is 2. The molecule has 0 spiro atoms. The molecule has 0 aliphatic rings. The normalized spacial score (nSPS) is 10.8. The number of para-hydroxylation sites is 2. The Morgan fingerprint density at radius 1 is 1.17 bits per heavy atom. The van der Waals surface area contributed by atoms with Crippen molar-refractivity contribution in [3.05, 3.63) is 64.0 Å². The van der Waals surface area contributed by atoms with E-state index in [4.69, 9.17) is 0 Å². The Kier molecular flexibility index (Phi) is 7.60. The second-order valence-electron chi connectivity index (χ2n) is 6.47. The second-order valence-corrected chi connectivity index (χ2v) is 7.48. The van der Waals surface area contributed by atoms with E-state index in [2.05, 4.69) is 4.98 Å². The molecule has 2 aromatic carbocycles. The standard InChI is InChI=1S/C19H19FN4O3S.ClH/c1-22(2)11-6-12-23(18(25)13-7-3-4-9-15(13)24(26)27)19-21-17-14(20)8-5-10-16(17)28-19;/h3-5,7-10H,6,11-12H2,1-2H3;1H. The second kappa shape index (κ2) is 9.73. The van der Waals surface area contributed by atoms with Gasteiger partial charge >= 0.3 is 0 Å². The number of halogens is 2. The maximum absolute atomic E-state index is 14.1. The zero-order valence-corrected chi connectivity index (χ0v) is 17.5. The fourth-order valence-electron chi connectivity index (χ4n) is 2.81. The smallest absolute Gasteiger partial charge is 0.282 e. The molecular formula is C19H20ClFN4O3S. The van der Waals surface area contributed by atoms with E-state index >= 15 is 0 Å². The monoisotopic (exact) mass is 438 g/mol. The summed E-state index contributed by atoms with van der Waals surface area (Å²) in [4.78, 5) is 31.6. The van der Waals surface area contributed by atoms with Crippen molar-refractivity contribution >= 4 is 50.7 Å². The van der Waals surface area contributed by atoms with Gasteiger partial charge in [-0.1, -0.05) is 29.5 Å². The van der Waals surface area contributed by atoms with Gasteiger partial charge in [-0.15, -0.1) is 12.4 Å². The zero-order chi connectivity index (χ0) is 20.3. The number of nitro benzene ring substituents is 1. The first-order valence-electron chi connectivity index (χ1n) is 8.63. The van der Waals surface area contributed by atoms with Crippen molar-refractivity contribution in [1.29, 1.82) is 0 Å². The molecule has 154 valence electrons. The molecule has 0 N–H and O–H groups in total. The Balaban J connectivity index is 0.00000300. The van der Waals surface area contributed by atoms with Crippen molar-refractivity contribution in [3.63, 3.8) is 0 Å². The van der Waals surface area contributed by atoms with Gasteiger partial charge in [0.25, 0.3) is 11.6 Å². The molecule has 0 unspecified atom stereocenters. The first kappa shape index (κ1) is 22.7. The van der Waals surface area contributed by atoms with Gasteiger partial charge in [-0.05, 0) is 45.3 Å². The van der Waals surface area contributed by atoms with Gasteiger partial charge in [-0.25, -0.2) is 9.37 Å². The summed E-state index contributed by atoms with van der Waals surface area (Å²) in [5.74, 6) is -0.989. The van der Waals surface area contributed by atoms with E-state index in [-0.39, 0.29) is 29.2 Å². The summed E-state index contributed by atoms with van der Waals surface area (Å²) in [5.41, 5.74) is -0.0926. The number of hydrogen-bond donors (Lipinski definition) is 0. The summed E-state index contributed by atoms with van der Waals surface area (Å²) in [5, 5.41) is 11.7. The number of nitro groups is 1. The van der Waals surface area contributed by atoms with Gasteiger partial charge in [0.15, 0.2) is 5.13 Å². The zero-order valence-electron chi connectivity index (χ0n) is 15.9. The number of amides is 1. The molecule has 1 heterocycles. The van der Waals surface area contributed by atoms with E-state index in [1.807, 2.05) is 19.0 Å². The van der Waals surface area contributed by atoms with E-state index in [1.54, 1.807) is 18.2 Å². The fourth-order valence-corrected chi connectivity index (χ4v) is 3.81. The Labute approximate surface area is 177 Å². The number of carbonyl (C=O) groups excluding carboxylic acids is 1. The predicted octanol–water partition coefficient (Wildman–Crippen LogP) is 4.36. The van der Waals surface area contributed by atoms with Crippen LogP contribution in [0.2, 0.25) is 0 Å². The molecule has 29 heavy (non-hydrogen) atoms. The average Bonchev–Trinajstić information content (AvgIpc) is 3.10. The summed E-state index contributed by atoms with van der Waals surface area (Å²) < 4.78 is 14.7. The first-order valence-corrected chi connectivity index (χ1v) is 9.45. The highest BCUT2D eigenvalue weighted by Gasteiger charge is 2.27. The Hall–Kier alpha value is -2.62. The van der Waals surface area contributed by atoms with Crippen molar-refractivity contribution < 1.29 is 14.1 Å². The number of hydrogen-bond acceptors (Lipinski definition) is 6. The third kappa shape index (κ3) is 5.06. The lowest BCUT2D eigenvalue weighted by Gasteiger charge is -2.21. The predicted molar refractivity (Wildman–Crippen MR) is 115 cm³/mol. The first-order chi connectivity index (χ1) is 13.4. The van der Waals surface area contributed by atoms with Gasteiger partial charge in [0.2, 0.25) is 0 Å². The number of anilines is 1. The van der Waals surface area contributed by atoms with Crippen molar-refractivity contribution in [2.45, 2.75) is 6.42 Å². The number of rotatable bonds is 7. The lowest BCUT2D eigenvalue weighted by molar-refractivity contribution is -0.385. The van der Waals surface area contributed by atoms with E-state index < -0.39 is 16.6 Å². The highest BCUT2D eigenvalue weighted by molar-refractivity contribution is 7.22. The summed E-state index contributed by atoms with van der Waals surface area (Å²) >= 11 is 1.19. The number of nitrogens with zero attached hydrogens (tertiary/aromatic N) is 4. The minimum atomic E-state index is -0.580. The Morgan fingerprint density at radius 3 is 2.55 bits per heavy atom. The summed E-state index contributed by atoms with van der Waals surface area (Å²) in [6.45, 7) is 1.03. The van der Waals surface area contributed by atoms with Gasteiger partial charge in [-0.2, -0.15) is 0 Å². The van der Waals surface area contributed by atoms with Gasteiger partial charge in [-0.3, -0.25) is 19.8 Å². The van der Waals surface area contributed by atoms with Crippen LogP contribution in [0.25, 0.3) is 10.2 Å². The van der Waals surface area contributed by atoms with Gasteiger partial charge in [0.05, 0.1) is 9.62 Å². The van der Waals surface area contributed by atoms with Crippen LogP contribution in [-0.4, -0.2) is 47.9 Å². The summed E-state index contributed by atoms with van der Waals surface area (Å²) in [6.07, 6.45) is 0.637. The topological polar surface area (TPSA) is 79.6 Å². The molecule has 0 saturated heterocycles. The van der Waals surface area contributed by atoms with Crippen LogP contribution in [-0.2, 0) is 0 Å². The third-order valence-corrected chi connectivity index (χ3v) is 5.20. The van der Waals surface area contributed by atoms with Crippen LogP contribution in [0.4, 0.5) is 15.2 Å². The average molecular weight is 439 g/mol. The maximum Gasteiger partial charge on any atom is 0.282 e. The van der Waals surface area contributed by atoms with Crippen LogP contribution < -0.4 is 4.90 Å². The molecule has 1 aromatic heterocycles. The van der Waals surface area contributed by atoms with Crippen molar-refractivity contribution in [3.8, 4) is 0 Å². The molecule has 3 aromatic rings. The van der Waals surface area contributed by atoms with Gasteiger partial charge in [0.1, 0.15) is 16.9 Å². The molecule has 7 nitrogen and oxygen atoms in total. The molecular weight excluding hydrogens is 419 g/mol. The van der Waals surface area contributed by atoms with Crippen molar-refractivity contribution in [2.75, 3.05) is 32.1 Å². The number of carbonyl (C=O) groups is 1. The molecule has 1 amide bonds. The fraction of sp³-hybridized carbons (Fsp3) is 0.263. The highest BCUT2D eigenvalue weighted by atomic mass is 35.5. The van der Waals surface area contributed by atoms with Crippen LogP contribution in [0.3, 0.4) is 0 Å². The quantitative estimate of drug-likeness (QED) is 0.404. The maximum atomic E-state index is 14.1. The Morgan fingerprint density at radius 2 is 1.90 bits per heavy atom. The molecule has 0 bridgehead atoms. The van der Waals surface area contributed by atoms with Crippen LogP contribution in [0, 0.1) is 15.9 Å². The number of fused-ring (bicyclic) bond motifs is 1. The van der Waals surface area contributed by atoms with Crippen LogP contribution >= 0.6 is 23.7 Å². The van der Waals surface area contributed by atoms with Gasteiger partial charge in [0, 0.05) is 12.6 Å². The molecule has 10 heteroatoms. The van der Waals surface area contributed by atoms with E-state index in [0.29, 0.717) is 22.8 Å². The largest absolute Gasteiger partial charge is 0.309 e. The molecule has 0 aliphatic carbocycles. The van der Waals surface area contributed by atoms with E-state index in [1.165, 1.54) is 40.5 Å². The van der Waals surface area contributed by atoms with E-state index in [9.17, 15) is 19.3 Å². The van der Waals surface area contributed by atoms with Crippen molar-refractivity contribution in [2.24, 2.45) is 0 Å². The number of aromatic nitrogens is 1. The molecule has 3 rings (SSSR count). The minimum Gasteiger partial charge on any atom is -0.309 e. The van der Waals surface area contributed by atoms with Crippen LogP contribution in [0.15, 0.2) is 42.5 Å². The Bertz CT molecular complexity index is 1030. The summed E-state index contributed by atoms with van der Waals surface area (Å²) in [6, 6.07) is 10.4. The molecule has 0 radical (unpaired) electrons.